The topological polar surface area (TPSA) is 55.8 Å². The van der Waals surface area contributed by atoms with E-state index in [9.17, 15) is 9.59 Å². The maximum atomic E-state index is 12.5. The minimum Gasteiger partial charge on any atom is -0.398 e. The summed E-state index contributed by atoms with van der Waals surface area (Å²) >= 11 is 0. The van der Waals surface area contributed by atoms with Crippen molar-refractivity contribution in [2.45, 2.75) is 64.6 Å². The highest BCUT2D eigenvalue weighted by molar-refractivity contribution is 6.65. The summed E-state index contributed by atoms with van der Waals surface area (Å²) in [6.07, 6.45) is 2.83. The first-order valence-corrected chi connectivity index (χ1v) is 10.1. The molecular weight excluding hydrogens is 286 g/mol. The predicted molar refractivity (Wildman–Crippen MR) is 84.0 cm³/mol. The van der Waals surface area contributed by atoms with Gasteiger partial charge in [0.2, 0.25) is 11.8 Å². The fourth-order valence-electron chi connectivity index (χ4n) is 2.77. The molecule has 0 aliphatic carbocycles. The minimum atomic E-state index is -2.06. The van der Waals surface area contributed by atoms with E-state index < -0.39 is 14.1 Å². The van der Waals surface area contributed by atoms with Gasteiger partial charge < -0.3 is 8.85 Å². The summed E-state index contributed by atoms with van der Waals surface area (Å²) in [7, 11) is 1.30. The molecule has 0 aromatic rings. The van der Waals surface area contributed by atoms with E-state index in [4.69, 9.17) is 8.85 Å². The van der Waals surface area contributed by atoms with Crippen LogP contribution in [-0.4, -0.2) is 45.0 Å². The number of hydrogen-bond acceptors (Lipinski definition) is 4. The Morgan fingerprint density at radius 2 is 1.81 bits per heavy atom. The Bertz CT molecular complexity index is 388. The second kappa shape index (κ2) is 7.02. The molecule has 0 N–H and O–H groups in total. The van der Waals surface area contributed by atoms with E-state index in [0.717, 1.165) is 18.9 Å². The van der Waals surface area contributed by atoms with Gasteiger partial charge in [0, 0.05) is 32.1 Å². The largest absolute Gasteiger partial charge is 0.398 e. The molecule has 0 bridgehead atoms. The molecule has 122 valence electrons. The van der Waals surface area contributed by atoms with Crippen molar-refractivity contribution in [1.29, 1.82) is 0 Å². The van der Waals surface area contributed by atoms with Crippen LogP contribution >= 0.6 is 0 Å². The van der Waals surface area contributed by atoms with Gasteiger partial charge in [-0.3, -0.25) is 14.5 Å². The summed E-state index contributed by atoms with van der Waals surface area (Å²) in [5.74, 6) is -0.109. The monoisotopic (exact) mass is 315 g/mol. The van der Waals surface area contributed by atoms with Crippen LogP contribution in [0.5, 0.6) is 0 Å². The molecule has 6 heteroatoms. The fraction of sp³-hybridized carbons (Fsp3) is 0.867. The molecule has 0 saturated carbocycles. The third-order valence-electron chi connectivity index (χ3n) is 4.24. The van der Waals surface area contributed by atoms with Crippen molar-refractivity contribution in [3.05, 3.63) is 0 Å². The number of rotatable bonds is 6. The molecule has 1 unspecified atom stereocenters. The first-order valence-electron chi connectivity index (χ1n) is 7.62. The van der Waals surface area contributed by atoms with Crippen molar-refractivity contribution in [1.82, 2.24) is 4.90 Å². The van der Waals surface area contributed by atoms with Gasteiger partial charge in [-0.25, -0.2) is 0 Å². The number of nitrogens with zero attached hydrogens (tertiary/aromatic N) is 1. The average molecular weight is 315 g/mol. The summed E-state index contributed by atoms with van der Waals surface area (Å²) in [6.45, 7) is 7.75. The van der Waals surface area contributed by atoms with E-state index in [1.54, 1.807) is 14.2 Å². The van der Waals surface area contributed by atoms with Crippen molar-refractivity contribution < 1.29 is 18.4 Å². The molecule has 1 atom stereocenters. The van der Waals surface area contributed by atoms with Crippen LogP contribution in [0.4, 0.5) is 0 Å². The van der Waals surface area contributed by atoms with Crippen LogP contribution in [0, 0.1) is 5.92 Å². The molecule has 1 saturated heterocycles. The summed E-state index contributed by atoms with van der Waals surface area (Å²) in [5.41, 5.74) is -0.435. The van der Waals surface area contributed by atoms with Crippen LogP contribution in [-0.2, 0) is 18.4 Å². The molecule has 2 amide bonds. The number of carbonyl (C=O) groups excluding carboxylic acids is 2. The Morgan fingerprint density at radius 1 is 1.24 bits per heavy atom. The number of amides is 2. The van der Waals surface area contributed by atoms with Crippen molar-refractivity contribution in [3.8, 4) is 0 Å². The average Bonchev–Trinajstić information content (AvgIpc) is 2.39. The summed E-state index contributed by atoms with van der Waals surface area (Å²) in [4.78, 5) is 26.0. The van der Waals surface area contributed by atoms with Gasteiger partial charge in [-0.05, 0) is 46.2 Å². The first-order chi connectivity index (χ1) is 9.64. The van der Waals surface area contributed by atoms with Gasteiger partial charge in [-0.15, -0.1) is 0 Å². The fourth-order valence-corrected chi connectivity index (χ4v) is 4.19. The molecule has 0 aromatic heterocycles. The lowest BCUT2D eigenvalue weighted by Gasteiger charge is -2.39. The van der Waals surface area contributed by atoms with E-state index in [2.05, 4.69) is 0 Å². The van der Waals surface area contributed by atoms with Crippen molar-refractivity contribution in [2.24, 2.45) is 5.92 Å². The van der Waals surface area contributed by atoms with Crippen LogP contribution in [0.2, 0.25) is 12.6 Å². The normalized spacial score (nSPS) is 21.0. The smallest absolute Gasteiger partial charge is 0.334 e. The second-order valence-electron chi connectivity index (χ2n) is 6.91. The lowest BCUT2D eigenvalue weighted by molar-refractivity contribution is -0.157. The van der Waals surface area contributed by atoms with E-state index in [1.165, 1.54) is 4.90 Å². The van der Waals surface area contributed by atoms with Crippen LogP contribution in [0.1, 0.15) is 46.5 Å². The molecule has 1 fully saturated rings. The number of imide groups is 1. The van der Waals surface area contributed by atoms with Crippen LogP contribution in [0.25, 0.3) is 0 Å². The molecule has 1 aliphatic heterocycles. The van der Waals surface area contributed by atoms with Crippen LogP contribution < -0.4 is 0 Å². The standard InChI is InChI=1S/C15H29NO4Si/c1-15(2,3)16-13(17)10-9-12(14(16)18)8-7-11-21(6,19-4)20-5/h12H,7-11H2,1-6H3. The highest BCUT2D eigenvalue weighted by atomic mass is 28.4. The number of carbonyl (C=O) groups is 2. The lowest BCUT2D eigenvalue weighted by atomic mass is 9.89. The van der Waals surface area contributed by atoms with Crippen molar-refractivity contribution >= 4 is 20.4 Å². The van der Waals surface area contributed by atoms with Gasteiger partial charge >= 0.3 is 8.56 Å². The zero-order valence-electron chi connectivity index (χ0n) is 14.2. The number of piperidine rings is 1. The number of hydrogen-bond donors (Lipinski definition) is 0. The van der Waals surface area contributed by atoms with Crippen LogP contribution in [0.15, 0.2) is 0 Å². The van der Waals surface area contributed by atoms with E-state index in [0.29, 0.717) is 12.8 Å². The molecule has 0 radical (unpaired) electrons. The quantitative estimate of drug-likeness (QED) is 0.558. The Labute approximate surface area is 129 Å². The van der Waals surface area contributed by atoms with E-state index in [-0.39, 0.29) is 17.7 Å². The van der Waals surface area contributed by atoms with E-state index >= 15 is 0 Å². The Balaban J connectivity index is 2.61. The molecule has 1 rings (SSSR count). The maximum absolute atomic E-state index is 12.5. The van der Waals surface area contributed by atoms with E-state index in [1.807, 2.05) is 27.3 Å². The van der Waals surface area contributed by atoms with Crippen molar-refractivity contribution in [2.75, 3.05) is 14.2 Å². The predicted octanol–water partition coefficient (Wildman–Crippen LogP) is 2.70. The SMILES string of the molecule is CO[Si](C)(CCCC1CCC(=O)N(C(C)(C)C)C1=O)OC. The van der Waals surface area contributed by atoms with Crippen LogP contribution in [0.3, 0.4) is 0 Å². The number of likely N-dealkylation sites (tertiary alicyclic amines) is 1. The molecule has 0 aromatic carbocycles. The van der Waals surface area contributed by atoms with Gasteiger partial charge in [-0.2, -0.15) is 0 Å². The third kappa shape index (κ3) is 4.62. The molecule has 1 heterocycles. The molecule has 0 spiro atoms. The highest BCUT2D eigenvalue weighted by Crippen LogP contribution is 2.30. The minimum absolute atomic E-state index is 0.0167. The van der Waals surface area contributed by atoms with Gasteiger partial charge in [-0.1, -0.05) is 6.42 Å². The molecule has 5 nitrogen and oxygen atoms in total. The van der Waals surface area contributed by atoms with Gasteiger partial charge in [0.05, 0.1) is 0 Å². The summed E-state index contributed by atoms with van der Waals surface area (Å²) < 4.78 is 10.9. The van der Waals surface area contributed by atoms with Gasteiger partial charge in [0.25, 0.3) is 0 Å². The Morgan fingerprint density at radius 3 is 2.29 bits per heavy atom. The Kier molecular flexibility index (Phi) is 6.13. The highest BCUT2D eigenvalue weighted by Gasteiger charge is 2.40. The molecule has 21 heavy (non-hydrogen) atoms. The maximum Gasteiger partial charge on any atom is 0.334 e. The first kappa shape index (κ1) is 18.3. The van der Waals surface area contributed by atoms with Gasteiger partial charge in [0.15, 0.2) is 0 Å². The summed E-state index contributed by atoms with van der Waals surface area (Å²) in [6, 6.07) is 0.868. The third-order valence-corrected chi connectivity index (χ3v) is 7.23. The summed E-state index contributed by atoms with van der Waals surface area (Å²) in [5, 5.41) is 0. The zero-order valence-corrected chi connectivity index (χ0v) is 15.2. The van der Waals surface area contributed by atoms with Gasteiger partial charge in [0.1, 0.15) is 0 Å². The van der Waals surface area contributed by atoms with Crippen molar-refractivity contribution in [3.63, 3.8) is 0 Å². The zero-order chi connectivity index (χ0) is 16.3. The second-order valence-corrected chi connectivity index (χ2v) is 10.5. The molecular formula is C15H29NO4Si. The Hall–Kier alpha value is -0.723. The molecule has 1 aliphatic rings. The lowest BCUT2D eigenvalue weighted by Crippen LogP contribution is -2.54.